The predicted octanol–water partition coefficient (Wildman–Crippen LogP) is 15.2. The third-order valence-corrected chi connectivity index (χ3v) is 12.4. The Morgan fingerprint density at radius 3 is 1.14 bits per heavy atom. The third-order valence-electron chi connectivity index (χ3n) is 11.4. The summed E-state index contributed by atoms with van der Waals surface area (Å²) in [6.45, 7) is 5.70. The molecule has 0 aliphatic rings. The van der Waals surface area contributed by atoms with Gasteiger partial charge < -0.3 is 18.9 Å². The highest BCUT2D eigenvalue weighted by atomic mass is 31.2. The summed E-state index contributed by atoms with van der Waals surface area (Å²) in [6.07, 6.45) is 47.1. The van der Waals surface area contributed by atoms with E-state index in [1.807, 2.05) is 21.1 Å². The molecule has 0 saturated carbocycles. The zero-order valence-electron chi connectivity index (χ0n) is 39.6. The quantitative estimate of drug-likeness (QED) is 0.0282. The van der Waals surface area contributed by atoms with Gasteiger partial charge in [0, 0.05) is 13.0 Å². The van der Waals surface area contributed by atoms with Gasteiger partial charge in [-0.25, -0.2) is 4.57 Å². The first-order valence-corrected chi connectivity index (χ1v) is 26.8. The Balaban J connectivity index is 4.06. The average molecular weight is 847 g/mol. The molecule has 348 valence electrons. The van der Waals surface area contributed by atoms with Gasteiger partial charge in [0.05, 0.1) is 34.4 Å². The number of phosphoric acid groups is 1. The summed E-state index contributed by atoms with van der Waals surface area (Å²) < 4.78 is 35.1. The number of phosphoric ester groups is 1. The van der Waals surface area contributed by atoms with E-state index >= 15 is 0 Å². The molecule has 0 aliphatic carbocycles. The Bertz CT molecular complexity index is 899. The number of nitrogens with zero attached hydrogens (tertiary/aromatic N) is 1. The van der Waals surface area contributed by atoms with Crippen LogP contribution in [0.15, 0.2) is 0 Å². The average Bonchev–Trinajstić information content (AvgIpc) is 3.18. The molecular weight excluding hydrogens is 746 g/mol. The van der Waals surface area contributed by atoms with Crippen molar-refractivity contribution >= 4 is 13.8 Å². The van der Waals surface area contributed by atoms with Crippen LogP contribution >= 0.6 is 7.82 Å². The first-order valence-electron chi connectivity index (χ1n) is 25.3. The third kappa shape index (κ3) is 46.6. The molecule has 0 aromatic rings. The van der Waals surface area contributed by atoms with Crippen LogP contribution in [0.2, 0.25) is 0 Å². The zero-order chi connectivity index (χ0) is 42.7. The maximum atomic E-state index is 12.7. The van der Waals surface area contributed by atoms with Crippen molar-refractivity contribution in [1.29, 1.82) is 0 Å². The number of hydrogen-bond acceptors (Lipinski definition) is 6. The fourth-order valence-corrected chi connectivity index (χ4v) is 8.24. The standard InChI is InChI=1S/C49H100NO7P/c1-6-8-10-12-14-16-18-20-22-23-24-25-26-27-28-29-30-32-34-36-38-40-42-49(51)57-48(47-56-58(52,53)55-45-43-50(3,4)5)46-54-44-41-39-37-35-33-31-21-19-17-15-13-11-9-7-2/h48H,6-47H2,1-5H3/p+1/t48-/m1/s1. The number of carbonyl (C=O) groups excluding carboxylic acids is 1. The molecule has 0 fully saturated rings. The van der Waals surface area contributed by atoms with Gasteiger partial charge in [-0.2, -0.15) is 0 Å². The van der Waals surface area contributed by atoms with E-state index in [1.165, 1.54) is 199 Å². The summed E-state index contributed by atoms with van der Waals surface area (Å²) in [5, 5.41) is 0. The lowest BCUT2D eigenvalue weighted by atomic mass is 10.0. The number of quaternary nitrogens is 1. The second-order valence-electron chi connectivity index (χ2n) is 18.6. The van der Waals surface area contributed by atoms with Crippen molar-refractivity contribution in [2.75, 3.05) is 54.1 Å². The molecule has 8 nitrogen and oxygen atoms in total. The Kier molecular flexibility index (Phi) is 42.8. The maximum absolute atomic E-state index is 12.7. The Morgan fingerprint density at radius 2 is 0.793 bits per heavy atom. The summed E-state index contributed by atoms with van der Waals surface area (Å²) in [5.74, 6) is -0.305. The van der Waals surface area contributed by atoms with E-state index in [1.54, 1.807) is 0 Å². The zero-order valence-corrected chi connectivity index (χ0v) is 40.5. The van der Waals surface area contributed by atoms with Crippen LogP contribution in [0.25, 0.3) is 0 Å². The van der Waals surface area contributed by atoms with Crippen LogP contribution < -0.4 is 0 Å². The van der Waals surface area contributed by atoms with Crippen LogP contribution in [0.1, 0.15) is 251 Å². The van der Waals surface area contributed by atoms with Gasteiger partial charge in [0.25, 0.3) is 0 Å². The second kappa shape index (κ2) is 43.2. The molecule has 2 atom stereocenters. The van der Waals surface area contributed by atoms with Gasteiger partial charge in [-0.3, -0.25) is 13.8 Å². The summed E-state index contributed by atoms with van der Waals surface area (Å²) in [4.78, 5) is 23.0. The summed E-state index contributed by atoms with van der Waals surface area (Å²) in [7, 11) is 1.69. The van der Waals surface area contributed by atoms with Crippen molar-refractivity contribution in [3.05, 3.63) is 0 Å². The topological polar surface area (TPSA) is 91.3 Å². The van der Waals surface area contributed by atoms with Crippen LogP contribution in [0.3, 0.4) is 0 Å². The van der Waals surface area contributed by atoms with Gasteiger partial charge in [-0.15, -0.1) is 0 Å². The largest absolute Gasteiger partial charge is 0.472 e. The van der Waals surface area contributed by atoms with Crippen molar-refractivity contribution in [1.82, 2.24) is 0 Å². The van der Waals surface area contributed by atoms with Gasteiger partial charge in [0.2, 0.25) is 0 Å². The molecule has 0 rings (SSSR count). The minimum Gasteiger partial charge on any atom is -0.457 e. The van der Waals surface area contributed by atoms with Gasteiger partial charge in [-0.1, -0.05) is 232 Å². The Labute approximate surface area is 361 Å². The van der Waals surface area contributed by atoms with Crippen molar-refractivity contribution < 1.29 is 37.3 Å². The van der Waals surface area contributed by atoms with Crippen LogP contribution in [-0.4, -0.2) is 75.6 Å². The Hall–Kier alpha value is -0.500. The Morgan fingerprint density at radius 1 is 0.466 bits per heavy atom. The van der Waals surface area contributed by atoms with E-state index in [0.717, 1.165) is 32.1 Å². The molecule has 0 bridgehead atoms. The molecule has 0 aromatic carbocycles. The van der Waals surface area contributed by atoms with E-state index in [0.29, 0.717) is 24.1 Å². The smallest absolute Gasteiger partial charge is 0.457 e. The number of likely N-dealkylation sites (N-methyl/N-ethyl adjacent to an activating group) is 1. The molecule has 9 heteroatoms. The van der Waals surface area contributed by atoms with Gasteiger partial charge in [0.1, 0.15) is 19.3 Å². The number of hydrogen-bond donors (Lipinski definition) is 1. The lowest BCUT2D eigenvalue weighted by Gasteiger charge is -2.24. The van der Waals surface area contributed by atoms with Crippen molar-refractivity contribution in [3.8, 4) is 0 Å². The highest BCUT2D eigenvalue weighted by Gasteiger charge is 2.26. The van der Waals surface area contributed by atoms with Crippen LogP contribution in [0.5, 0.6) is 0 Å². The lowest BCUT2D eigenvalue weighted by molar-refractivity contribution is -0.870. The normalized spacial score (nSPS) is 13.6. The van der Waals surface area contributed by atoms with E-state index in [-0.39, 0.29) is 25.8 Å². The first-order chi connectivity index (χ1) is 28.1. The lowest BCUT2D eigenvalue weighted by Crippen LogP contribution is -2.37. The minimum atomic E-state index is -4.27. The molecule has 0 heterocycles. The van der Waals surface area contributed by atoms with E-state index in [9.17, 15) is 14.3 Å². The molecule has 58 heavy (non-hydrogen) atoms. The number of rotatable bonds is 48. The highest BCUT2D eigenvalue weighted by molar-refractivity contribution is 7.47. The minimum absolute atomic E-state index is 0.0941. The fourth-order valence-electron chi connectivity index (χ4n) is 7.50. The van der Waals surface area contributed by atoms with E-state index < -0.39 is 13.9 Å². The summed E-state index contributed by atoms with van der Waals surface area (Å²) in [5.41, 5.74) is 0. The summed E-state index contributed by atoms with van der Waals surface area (Å²) in [6, 6.07) is 0. The molecule has 0 spiro atoms. The molecule has 0 aromatic heterocycles. The molecule has 0 aliphatic heterocycles. The fraction of sp³-hybridized carbons (Fsp3) is 0.980. The van der Waals surface area contributed by atoms with Crippen molar-refractivity contribution in [3.63, 3.8) is 0 Å². The molecule has 0 radical (unpaired) electrons. The molecular formula is C49H101NO7P+. The van der Waals surface area contributed by atoms with Gasteiger partial charge >= 0.3 is 13.8 Å². The van der Waals surface area contributed by atoms with Crippen LogP contribution in [0.4, 0.5) is 0 Å². The van der Waals surface area contributed by atoms with E-state index in [2.05, 4.69) is 13.8 Å². The van der Waals surface area contributed by atoms with Gasteiger partial charge in [0.15, 0.2) is 0 Å². The second-order valence-corrected chi connectivity index (χ2v) is 20.0. The number of ether oxygens (including phenoxy) is 2. The van der Waals surface area contributed by atoms with Gasteiger partial charge in [-0.05, 0) is 12.8 Å². The summed E-state index contributed by atoms with van der Waals surface area (Å²) >= 11 is 0. The van der Waals surface area contributed by atoms with Crippen LogP contribution in [0, 0.1) is 0 Å². The molecule has 1 N–H and O–H groups in total. The predicted molar refractivity (Wildman–Crippen MR) is 248 cm³/mol. The van der Waals surface area contributed by atoms with Crippen LogP contribution in [-0.2, 0) is 27.9 Å². The monoisotopic (exact) mass is 847 g/mol. The number of carbonyl (C=O) groups is 1. The molecule has 1 unspecified atom stereocenters. The number of esters is 1. The first kappa shape index (κ1) is 57.5. The maximum Gasteiger partial charge on any atom is 0.472 e. The highest BCUT2D eigenvalue weighted by Crippen LogP contribution is 2.43. The molecule has 0 saturated heterocycles. The van der Waals surface area contributed by atoms with Crippen molar-refractivity contribution in [2.24, 2.45) is 0 Å². The van der Waals surface area contributed by atoms with Crippen molar-refractivity contribution in [2.45, 2.75) is 258 Å². The SMILES string of the molecule is CCCCCCCCCCCCCCCCCCCCCCCCC(=O)O[C@H](COCCCCCCCCCCCCCCCC)COP(=O)(O)OCC[N+](C)(C)C. The molecule has 0 amide bonds. The number of unbranched alkanes of at least 4 members (excludes halogenated alkanes) is 34. The van der Waals surface area contributed by atoms with E-state index in [4.69, 9.17) is 18.5 Å².